The van der Waals surface area contributed by atoms with Crippen LogP contribution in [-0.4, -0.2) is 44.3 Å². The van der Waals surface area contributed by atoms with Crippen LogP contribution in [0.15, 0.2) is 59.5 Å². The number of sulfonamides is 1. The molecule has 2 unspecified atom stereocenters. The summed E-state index contributed by atoms with van der Waals surface area (Å²) in [5, 5.41) is 0.659. The maximum absolute atomic E-state index is 13.0. The highest BCUT2D eigenvalue weighted by Gasteiger charge is 2.49. The number of benzene rings is 2. The van der Waals surface area contributed by atoms with Crippen LogP contribution in [0.3, 0.4) is 0 Å². The summed E-state index contributed by atoms with van der Waals surface area (Å²) in [7, 11) is -3.61. The first-order valence-corrected chi connectivity index (χ1v) is 10.5. The van der Waals surface area contributed by atoms with Crippen LogP contribution in [0, 0.1) is 6.92 Å². The Labute approximate surface area is 164 Å². The fraction of sp³-hybridized carbons (Fsp3) is 0.300. The average molecular weight is 406 g/mol. The number of fused-ring (bicyclic) bond motifs is 2. The summed E-state index contributed by atoms with van der Waals surface area (Å²) in [6.45, 7) is 2.69. The van der Waals surface area contributed by atoms with Crippen molar-refractivity contribution in [1.82, 2.24) is 4.31 Å². The van der Waals surface area contributed by atoms with Gasteiger partial charge in [-0.15, -0.1) is 0 Å². The molecule has 142 valence electrons. The van der Waals surface area contributed by atoms with E-state index in [1.165, 1.54) is 4.31 Å². The Morgan fingerprint density at radius 1 is 1.15 bits per heavy atom. The van der Waals surface area contributed by atoms with Crippen LogP contribution in [0.4, 0.5) is 0 Å². The van der Waals surface area contributed by atoms with E-state index in [1.807, 2.05) is 25.1 Å². The van der Waals surface area contributed by atoms with Crippen LogP contribution < -0.4 is 0 Å². The van der Waals surface area contributed by atoms with Crippen molar-refractivity contribution in [2.45, 2.75) is 23.7 Å². The van der Waals surface area contributed by atoms with Crippen molar-refractivity contribution in [2.24, 2.45) is 0 Å². The number of ether oxygens (including phenoxy) is 2. The molecule has 2 aliphatic heterocycles. The van der Waals surface area contributed by atoms with Gasteiger partial charge in [0.1, 0.15) is 0 Å². The molecule has 2 heterocycles. The van der Waals surface area contributed by atoms with Crippen LogP contribution in [0.5, 0.6) is 0 Å². The first-order valence-electron chi connectivity index (χ1n) is 8.70. The molecular formula is C20H20ClNO4S. The zero-order chi connectivity index (χ0) is 19.1. The molecule has 2 atom stereocenters. The topological polar surface area (TPSA) is 55.8 Å². The van der Waals surface area contributed by atoms with Gasteiger partial charge < -0.3 is 9.47 Å². The summed E-state index contributed by atoms with van der Waals surface area (Å²) in [6.07, 6.45) is 3.36. The maximum atomic E-state index is 13.0. The lowest BCUT2D eigenvalue weighted by Gasteiger charge is -2.36. The monoisotopic (exact) mass is 405 g/mol. The van der Waals surface area contributed by atoms with E-state index in [9.17, 15) is 8.42 Å². The van der Waals surface area contributed by atoms with Crippen molar-refractivity contribution >= 4 is 27.7 Å². The minimum atomic E-state index is -3.61. The zero-order valence-electron chi connectivity index (χ0n) is 14.8. The highest BCUT2D eigenvalue weighted by atomic mass is 35.5. The average Bonchev–Trinajstić information content (AvgIpc) is 2.96. The van der Waals surface area contributed by atoms with Crippen LogP contribution >= 0.6 is 11.6 Å². The molecule has 2 aromatic carbocycles. The predicted molar refractivity (Wildman–Crippen MR) is 104 cm³/mol. The van der Waals surface area contributed by atoms with Crippen molar-refractivity contribution in [3.63, 3.8) is 0 Å². The number of hydrogen-bond acceptors (Lipinski definition) is 4. The molecule has 0 amide bonds. The Morgan fingerprint density at radius 2 is 1.85 bits per heavy atom. The van der Waals surface area contributed by atoms with Gasteiger partial charge in [0.25, 0.3) is 0 Å². The summed E-state index contributed by atoms with van der Waals surface area (Å²) < 4.78 is 39.4. The lowest BCUT2D eigenvalue weighted by Crippen LogP contribution is -2.52. The van der Waals surface area contributed by atoms with Gasteiger partial charge in [-0.25, -0.2) is 8.42 Å². The van der Waals surface area contributed by atoms with Crippen molar-refractivity contribution in [3.05, 3.63) is 70.8 Å². The number of nitrogens with zero attached hydrogens (tertiary/aromatic N) is 1. The fourth-order valence-corrected chi connectivity index (χ4v) is 4.89. The Hall–Kier alpha value is -1.70. The zero-order valence-corrected chi connectivity index (χ0v) is 16.4. The summed E-state index contributed by atoms with van der Waals surface area (Å²) in [5.41, 5.74) is 1.95. The van der Waals surface area contributed by atoms with Crippen molar-refractivity contribution in [1.29, 1.82) is 0 Å². The predicted octanol–water partition coefficient (Wildman–Crippen LogP) is 3.48. The molecule has 0 spiro atoms. The smallest absolute Gasteiger partial charge is 0.243 e. The molecule has 2 bridgehead atoms. The van der Waals surface area contributed by atoms with Gasteiger partial charge in [0.2, 0.25) is 15.8 Å². The Kier molecular flexibility index (Phi) is 4.86. The number of aryl methyl sites for hydroxylation is 1. The number of hydrogen-bond donors (Lipinski definition) is 0. The van der Waals surface area contributed by atoms with Crippen molar-refractivity contribution < 1.29 is 17.9 Å². The van der Waals surface area contributed by atoms with E-state index < -0.39 is 15.8 Å². The van der Waals surface area contributed by atoms with Gasteiger partial charge in [-0.2, -0.15) is 4.31 Å². The quantitative estimate of drug-likeness (QED) is 0.781. The molecule has 0 aliphatic carbocycles. The first kappa shape index (κ1) is 18.7. The van der Waals surface area contributed by atoms with Crippen LogP contribution in [0.1, 0.15) is 11.1 Å². The van der Waals surface area contributed by atoms with Gasteiger partial charge in [0.05, 0.1) is 24.2 Å². The van der Waals surface area contributed by atoms with Gasteiger partial charge in [-0.3, -0.25) is 0 Å². The van der Waals surface area contributed by atoms with E-state index in [-0.39, 0.29) is 24.1 Å². The minimum Gasteiger partial charge on any atom is -0.342 e. The SMILES string of the molecule is Cc1ccc(S(=O)(=O)N2CC3COC(/C=C/c4ccc(Cl)cc4)(C2)O3)cc1. The maximum Gasteiger partial charge on any atom is 0.243 e. The van der Waals surface area contributed by atoms with E-state index >= 15 is 0 Å². The van der Waals surface area contributed by atoms with Gasteiger partial charge in [0, 0.05) is 11.6 Å². The molecule has 2 saturated heterocycles. The molecule has 0 N–H and O–H groups in total. The highest BCUT2D eigenvalue weighted by molar-refractivity contribution is 7.89. The molecule has 0 aromatic heterocycles. The minimum absolute atomic E-state index is 0.115. The van der Waals surface area contributed by atoms with E-state index in [0.29, 0.717) is 11.6 Å². The first-order chi connectivity index (χ1) is 12.9. The van der Waals surface area contributed by atoms with Gasteiger partial charge in [0.15, 0.2) is 0 Å². The molecule has 0 radical (unpaired) electrons. The Bertz CT molecular complexity index is 956. The van der Waals surface area contributed by atoms with Gasteiger partial charge in [-0.1, -0.05) is 47.5 Å². The third-order valence-corrected chi connectivity index (χ3v) is 6.82. The standard InChI is InChI=1S/C20H20ClNO4S/c1-15-2-8-19(9-3-15)27(23,24)22-12-18-13-25-20(14-22,26-18)11-10-16-4-6-17(21)7-5-16/h2-11,18H,12-14H2,1H3/b11-10+. The highest BCUT2D eigenvalue weighted by Crippen LogP contribution is 2.35. The largest absolute Gasteiger partial charge is 0.342 e. The lowest BCUT2D eigenvalue weighted by atomic mass is 10.1. The van der Waals surface area contributed by atoms with Crippen molar-refractivity contribution in [2.75, 3.05) is 19.7 Å². The lowest BCUT2D eigenvalue weighted by molar-refractivity contribution is -0.155. The second-order valence-electron chi connectivity index (χ2n) is 6.86. The summed E-state index contributed by atoms with van der Waals surface area (Å²) in [5.74, 6) is -1.07. The molecule has 7 heteroatoms. The fourth-order valence-electron chi connectivity index (χ4n) is 3.27. The molecule has 2 aliphatic rings. The number of halogens is 1. The van der Waals surface area contributed by atoms with E-state index in [1.54, 1.807) is 42.5 Å². The normalized spacial score (nSPS) is 25.9. The molecule has 2 fully saturated rings. The molecule has 0 saturated carbocycles. The second kappa shape index (κ2) is 7.04. The van der Waals surface area contributed by atoms with E-state index in [0.717, 1.165) is 11.1 Å². The molecule has 5 nitrogen and oxygen atoms in total. The molecule has 27 heavy (non-hydrogen) atoms. The summed E-state index contributed by atoms with van der Waals surface area (Å²) in [6, 6.07) is 14.2. The van der Waals surface area contributed by atoms with E-state index in [2.05, 4.69) is 0 Å². The van der Waals surface area contributed by atoms with Crippen molar-refractivity contribution in [3.8, 4) is 0 Å². The second-order valence-corrected chi connectivity index (χ2v) is 9.23. The number of morpholine rings is 1. The Balaban J connectivity index is 1.59. The number of rotatable bonds is 4. The Morgan fingerprint density at radius 3 is 2.56 bits per heavy atom. The van der Waals surface area contributed by atoms with Crippen LogP contribution in [0.2, 0.25) is 5.02 Å². The third kappa shape index (κ3) is 3.81. The van der Waals surface area contributed by atoms with Crippen LogP contribution in [-0.2, 0) is 19.5 Å². The van der Waals surface area contributed by atoms with Gasteiger partial charge in [-0.05, 0) is 42.8 Å². The third-order valence-electron chi connectivity index (χ3n) is 4.74. The molecule has 2 aromatic rings. The van der Waals surface area contributed by atoms with Crippen LogP contribution in [0.25, 0.3) is 6.08 Å². The molecule has 4 rings (SSSR count). The molecular weight excluding hydrogens is 386 g/mol. The van der Waals surface area contributed by atoms with Gasteiger partial charge >= 0.3 is 0 Å². The summed E-state index contributed by atoms with van der Waals surface area (Å²) >= 11 is 5.91. The summed E-state index contributed by atoms with van der Waals surface area (Å²) in [4.78, 5) is 0.284. The van der Waals surface area contributed by atoms with E-state index in [4.69, 9.17) is 21.1 Å².